The summed E-state index contributed by atoms with van der Waals surface area (Å²) in [6.07, 6.45) is 4.36. The molecular weight excluding hydrogens is 404 g/mol. The molecule has 2 amide bonds. The van der Waals surface area contributed by atoms with E-state index < -0.39 is 17.5 Å². The molecule has 0 bridgehead atoms. The Balaban J connectivity index is 1.39. The maximum Gasteiger partial charge on any atom is 0.256 e. The number of piperidine rings is 1. The number of carbonyl (C=O) groups is 2. The van der Waals surface area contributed by atoms with Crippen molar-refractivity contribution < 1.29 is 23.1 Å². The molecule has 1 saturated carbocycles. The highest BCUT2D eigenvalue weighted by atomic mass is 19.1. The number of likely N-dealkylation sites (tertiary alicyclic amines) is 1. The summed E-state index contributed by atoms with van der Waals surface area (Å²) >= 11 is 0. The van der Waals surface area contributed by atoms with Gasteiger partial charge in [-0.05, 0) is 44.2 Å². The van der Waals surface area contributed by atoms with E-state index in [9.17, 15) is 18.4 Å². The number of benzene rings is 1. The van der Waals surface area contributed by atoms with Crippen LogP contribution in [-0.4, -0.2) is 85.0 Å². The zero-order valence-electron chi connectivity index (χ0n) is 17.9. The van der Waals surface area contributed by atoms with E-state index in [4.69, 9.17) is 4.74 Å². The second kappa shape index (κ2) is 10.0. The van der Waals surface area contributed by atoms with Crippen molar-refractivity contribution in [2.45, 2.75) is 38.1 Å². The Morgan fingerprint density at radius 1 is 1.10 bits per heavy atom. The number of hydrogen-bond donors (Lipinski definition) is 0. The molecule has 0 aromatic heterocycles. The van der Waals surface area contributed by atoms with Gasteiger partial charge in [0.15, 0.2) is 0 Å². The molecule has 1 aliphatic carbocycles. The van der Waals surface area contributed by atoms with Crippen LogP contribution < -0.4 is 0 Å². The summed E-state index contributed by atoms with van der Waals surface area (Å²) in [6, 6.07) is 2.99. The number of hydrogen-bond acceptors (Lipinski definition) is 4. The number of ether oxygens (including phenoxy) is 1. The van der Waals surface area contributed by atoms with Gasteiger partial charge in [-0.2, -0.15) is 0 Å². The average Bonchev–Trinajstić information content (AvgIpc) is 3.62. The van der Waals surface area contributed by atoms with Crippen LogP contribution in [-0.2, 0) is 9.53 Å². The lowest BCUT2D eigenvalue weighted by Gasteiger charge is -2.40. The molecule has 3 aliphatic rings. The van der Waals surface area contributed by atoms with Crippen LogP contribution in [0, 0.1) is 17.6 Å². The number of halogens is 2. The third-order valence-corrected chi connectivity index (χ3v) is 6.47. The molecule has 0 spiro atoms. The van der Waals surface area contributed by atoms with Gasteiger partial charge in [0.2, 0.25) is 5.91 Å². The minimum absolute atomic E-state index is 0.0565. The number of amides is 2. The first-order chi connectivity index (χ1) is 15.0. The summed E-state index contributed by atoms with van der Waals surface area (Å²) < 4.78 is 32.8. The first-order valence-corrected chi connectivity index (χ1v) is 11.4. The zero-order valence-corrected chi connectivity index (χ0v) is 17.9. The Labute approximate surface area is 182 Å². The van der Waals surface area contributed by atoms with Crippen molar-refractivity contribution in [1.29, 1.82) is 0 Å². The summed E-state index contributed by atoms with van der Waals surface area (Å²) in [5.74, 6) is -1.68. The van der Waals surface area contributed by atoms with Gasteiger partial charge in [0.1, 0.15) is 11.6 Å². The van der Waals surface area contributed by atoms with Gasteiger partial charge in [-0.1, -0.05) is 0 Å². The van der Waals surface area contributed by atoms with Crippen molar-refractivity contribution in [3.8, 4) is 0 Å². The number of nitrogens with zero attached hydrogens (tertiary/aromatic N) is 3. The van der Waals surface area contributed by atoms with Gasteiger partial charge in [-0.15, -0.1) is 0 Å². The van der Waals surface area contributed by atoms with Gasteiger partial charge in [0.05, 0.1) is 18.8 Å². The highest BCUT2D eigenvalue weighted by Crippen LogP contribution is 2.33. The normalized spacial score (nSPS) is 22.4. The van der Waals surface area contributed by atoms with Crippen LogP contribution in [0.4, 0.5) is 8.78 Å². The Hall–Kier alpha value is -2.06. The van der Waals surface area contributed by atoms with Crippen molar-refractivity contribution in [2.24, 2.45) is 5.92 Å². The van der Waals surface area contributed by atoms with E-state index in [1.165, 1.54) is 6.07 Å². The van der Waals surface area contributed by atoms with E-state index in [0.29, 0.717) is 19.6 Å². The fourth-order valence-corrected chi connectivity index (χ4v) is 4.55. The molecule has 0 N–H and O–H groups in total. The van der Waals surface area contributed by atoms with Crippen LogP contribution in [0.3, 0.4) is 0 Å². The molecule has 1 aromatic carbocycles. The van der Waals surface area contributed by atoms with E-state index in [1.807, 2.05) is 4.90 Å². The average molecular weight is 436 g/mol. The fraction of sp³-hybridized carbons (Fsp3) is 0.652. The SMILES string of the molecule is O=C(c1ccc(F)cc1F)N1CCCC(N(CCCN2CCOCC2)C(=O)C2CC2)C1. The minimum Gasteiger partial charge on any atom is -0.379 e. The van der Waals surface area contributed by atoms with Crippen molar-refractivity contribution >= 4 is 11.8 Å². The Morgan fingerprint density at radius 2 is 1.87 bits per heavy atom. The molecule has 31 heavy (non-hydrogen) atoms. The largest absolute Gasteiger partial charge is 0.379 e. The number of rotatable bonds is 7. The molecule has 1 atom stereocenters. The van der Waals surface area contributed by atoms with Crippen LogP contribution in [0.1, 0.15) is 42.5 Å². The molecule has 2 aliphatic heterocycles. The van der Waals surface area contributed by atoms with E-state index in [1.54, 1.807) is 4.90 Å². The molecule has 2 heterocycles. The van der Waals surface area contributed by atoms with E-state index >= 15 is 0 Å². The Morgan fingerprint density at radius 3 is 2.58 bits per heavy atom. The van der Waals surface area contributed by atoms with Crippen molar-refractivity contribution in [2.75, 3.05) is 52.5 Å². The lowest BCUT2D eigenvalue weighted by molar-refractivity contribution is -0.136. The van der Waals surface area contributed by atoms with Crippen molar-refractivity contribution in [1.82, 2.24) is 14.7 Å². The lowest BCUT2D eigenvalue weighted by Crippen LogP contribution is -2.52. The first kappa shape index (κ1) is 22.1. The minimum atomic E-state index is -0.844. The van der Waals surface area contributed by atoms with Crippen molar-refractivity contribution in [3.05, 3.63) is 35.4 Å². The van der Waals surface area contributed by atoms with Crippen LogP contribution in [0.2, 0.25) is 0 Å². The second-order valence-corrected chi connectivity index (χ2v) is 8.78. The smallest absolute Gasteiger partial charge is 0.256 e. The lowest BCUT2D eigenvalue weighted by atomic mass is 10.0. The quantitative estimate of drug-likeness (QED) is 0.661. The van der Waals surface area contributed by atoms with E-state index in [0.717, 1.165) is 77.1 Å². The summed E-state index contributed by atoms with van der Waals surface area (Å²) in [5, 5.41) is 0. The van der Waals surface area contributed by atoms with Crippen LogP contribution in [0.25, 0.3) is 0 Å². The third-order valence-electron chi connectivity index (χ3n) is 6.47. The number of morpholine rings is 1. The predicted molar refractivity (Wildman–Crippen MR) is 112 cm³/mol. The molecule has 1 unspecified atom stereocenters. The highest BCUT2D eigenvalue weighted by molar-refractivity contribution is 5.94. The topological polar surface area (TPSA) is 53.1 Å². The van der Waals surface area contributed by atoms with Gasteiger partial charge in [0, 0.05) is 57.3 Å². The molecule has 170 valence electrons. The van der Waals surface area contributed by atoms with Crippen LogP contribution in [0.15, 0.2) is 18.2 Å². The summed E-state index contributed by atoms with van der Waals surface area (Å²) in [5.41, 5.74) is -0.116. The molecular formula is C23H31F2N3O3. The maximum absolute atomic E-state index is 14.1. The highest BCUT2D eigenvalue weighted by Gasteiger charge is 2.38. The molecule has 2 saturated heterocycles. The Kier molecular flexibility index (Phi) is 7.17. The standard InChI is InChI=1S/C23H31F2N3O3/c24-18-6-7-20(21(25)15-18)23(30)27-9-1-3-19(16-27)28(22(29)17-4-5-17)10-2-8-26-11-13-31-14-12-26/h6-7,15,17,19H,1-5,8-14,16H2. The maximum atomic E-state index is 14.1. The second-order valence-electron chi connectivity index (χ2n) is 8.78. The molecule has 8 heteroatoms. The van der Waals surface area contributed by atoms with Crippen LogP contribution in [0.5, 0.6) is 0 Å². The van der Waals surface area contributed by atoms with Gasteiger partial charge in [0.25, 0.3) is 5.91 Å². The predicted octanol–water partition coefficient (Wildman–Crippen LogP) is 2.53. The summed E-state index contributed by atoms with van der Waals surface area (Å²) in [6.45, 7) is 5.86. The molecule has 0 radical (unpaired) electrons. The van der Waals surface area contributed by atoms with Gasteiger partial charge in [-0.3, -0.25) is 14.5 Å². The van der Waals surface area contributed by atoms with Crippen molar-refractivity contribution in [3.63, 3.8) is 0 Å². The monoisotopic (exact) mass is 435 g/mol. The molecule has 6 nitrogen and oxygen atoms in total. The number of carbonyl (C=O) groups excluding carboxylic acids is 2. The van der Waals surface area contributed by atoms with Gasteiger partial charge in [-0.25, -0.2) is 8.78 Å². The molecule has 4 rings (SSSR count). The summed E-state index contributed by atoms with van der Waals surface area (Å²) in [7, 11) is 0. The Bertz CT molecular complexity index is 796. The van der Waals surface area contributed by atoms with Gasteiger partial charge < -0.3 is 14.5 Å². The zero-order chi connectivity index (χ0) is 21.8. The van der Waals surface area contributed by atoms with E-state index in [-0.39, 0.29) is 23.4 Å². The van der Waals surface area contributed by atoms with Crippen LogP contribution >= 0.6 is 0 Å². The summed E-state index contributed by atoms with van der Waals surface area (Å²) in [4.78, 5) is 31.8. The first-order valence-electron chi connectivity index (χ1n) is 11.4. The molecule has 3 fully saturated rings. The van der Waals surface area contributed by atoms with Gasteiger partial charge >= 0.3 is 0 Å². The molecule has 1 aromatic rings. The van der Waals surface area contributed by atoms with E-state index in [2.05, 4.69) is 4.90 Å². The fourth-order valence-electron chi connectivity index (χ4n) is 4.55. The third kappa shape index (κ3) is 5.60.